The minimum Gasteiger partial charge on any atom is -0.443 e. The Labute approximate surface area is 258 Å². The molecular formula is C33H39ClN6O3. The number of nitriles is 1. The maximum atomic E-state index is 13.1. The largest absolute Gasteiger partial charge is 0.443 e. The minimum absolute atomic E-state index is 0.191. The van der Waals surface area contributed by atoms with Crippen molar-refractivity contribution in [1.82, 2.24) is 14.9 Å². The molecule has 0 bridgehead atoms. The highest BCUT2D eigenvalue weighted by Crippen LogP contribution is 2.45. The number of ether oxygens (including phenoxy) is 1. The summed E-state index contributed by atoms with van der Waals surface area (Å²) in [6.45, 7) is 12.7. The van der Waals surface area contributed by atoms with Crippen LogP contribution in [0.25, 0.3) is 11.3 Å². The Bertz CT molecular complexity index is 1560. The van der Waals surface area contributed by atoms with E-state index in [4.69, 9.17) is 21.3 Å². The number of aliphatic hydroxyl groups excluding tert-OH is 1. The Hall–Kier alpha value is -3.71. The number of rotatable bonds is 6. The fourth-order valence-electron chi connectivity index (χ4n) is 5.94. The molecule has 9 nitrogen and oxygen atoms in total. The van der Waals surface area contributed by atoms with E-state index in [2.05, 4.69) is 34.3 Å². The van der Waals surface area contributed by atoms with Gasteiger partial charge >= 0.3 is 6.09 Å². The summed E-state index contributed by atoms with van der Waals surface area (Å²) in [7, 11) is 0. The van der Waals surface area contributed by atoms with E-state index in [1.165, 1.54) is 10.5 Å². The SMILES string of the molecule is CCN1CCC(c2ccc(Nc3nccc(-c4cc(C#N)c5c(c4)C(C)(CO)CN5C(=O)OC(C)(C)C)n3)cc2Cl)CC1. The van der Waals surface area contributed by atoms with E-state index in [1.54, 1.807) is 39.1 Å². The van der Waals surface area contributed by atoms with Gasteiger partial charge in [-0.1, -0.05) is 31.5 Å². The molecule has 1 aromatic heterocycles. The van der Waals surface area contributed by atoms with Crippen molar-refractivity contribution in [2.45, 2.75) is 64.4 Å². The van der Waals surface area contributed by atoms with Crippen molar-refractivity contribution >= 4 is 35.0 Å². The Balaban J connectivity index is 1.42. The molecule has 3 aromatic rings. The highest BCUT2D eigenvalue weighted by Gasteiger charge is 2.44. The number of anilines is 3. The number of aromatic nitrogens is 2. The minimum atomic E-state index is -0.784. The number of benzene rings is 2. The monoisotopic (exact) mass is 602 g/mol. The topological polar surface area (TPSA) is 115 Å². The van der Waals surface area contributed by atoms with Gasteiger partial charge in [-0.15, -0.1) is 0 Å². The van der Waals surface area contributed by atoms with Gasteiger partial charge in [0.05, 0.1) is 23.6 Å². The zero-order valence-corrected chi connectivity index (χ0v) is 26.2. The molecule has 1 saturated heterocycles. The quantitative estimate of drug-likeness (QED) is 0.324. The van der Waals surface area contributed by atoms with Gasteiger partial charge in [0.2, 0.25) is 5.95 Å². The van der Waals surface area contributed by atoms with Gasteiger partial charge in [-0.25, -0.2) is 14.8 Å². The lowest BCUT2D eigenvalue weighted by Crippen LogP contribution is -2.40. The first kappa shape index (κ1) is 30.7. The van der Waals surface area contributed by atoms with Crippen LogP contribution in [0.3, 0.4) is 0 Å². The number of likely N-dealkylation sites (tertiary alicyclic amines) is 1. The number of carbonyl (C=O) groups is 1. The van der Waals surface area contributed by atoms with Gasteiger partial charge in [-0.05, 0) is 101 Å². The summed E-state index contributed by atoms with van der Waals surface area (Å²) in [6, 6.07) is 13.6. The third-order valence-electron chi connectivity index (χ3n) is 8.30. The first-order chi connectivity index (χ1) is 20.4. The van der Waals surface area contributed by atoms with E-state index >= 15 is 0 Å². The average Bonchev–Trinajstić information content (AvgIpc) is 3.29. The number of amides is 1. The molecule has 1 atom stereocenters. The Morgan fingerprint density at radius 2 is 1.98 bits per heavy atom. The molecule has 2 N–H and O–H groups in total. The van der Waals surface area contributed by atoms with Gasteiger partial charge in [-0.3, -0.25) is 4.90 Å². The Kier molecular flexibility index (Phi) is 8.66. The molecule has 0 radical (unpaired) electrons. The van der Waals surface area contributed by atoms with E-state index in [9.17, 15) is 15.2 Å². The number of halogens is 1. The maximum Gasteiger partial charge on any atom is 0.414 e. The lowest BCUT2D eigenvalue weighted by atomic mass is 9.83. The second-order valence-electron chi connectivity index (χ2n) is 12.7. The van der Waals surface area contributed by atoms with Crippen LogP contribution in [0.2, 0.25) is 5.02 Å². The molecule has 1 fully saturated rings. The fraction of sp³-hybridized carbons (Fsp3) is 0.455. The van der Waals surface area contributed by atoms with Gasteiger partial charge in [-0.2, -0.15) is 5.26 Å². The third kappa shape index (κ3) is 6.47. The van der Waals surface area contributed by atoms with Crippen molar-refractivity contribution in [2.24, 2.45) is 0 Å². The van der Waals surface area contributed by atoms with Gasteiger partial charge in [0, 0.05) is 34.4 Å². The average molecular weight is 603 g/mol. The van der Waals surface area contributed by atoms with Crippen molar-refractivity contribution in [1.29, 1.82) is 5.26 Å². The normalized spacial score (nSPS) is 19.2. The number of nitrogens with one attached hydrogen (secondary N) is 1. The molecule has 0 saturated carbocycles. The predicted octanol–water partition coefficient (Wildman–Crippen LogP) is 6.62. The van der Waals surface area contributed by atoms with Crippen LogP contribution in [-0.4, -0.2) is 64.5 Å². The molecule has 10 heteroatoms. The second kappa shape index (κ2) is 12.1. The summed E-state index contributed by atoms with van der Waals surface area (Å²) < 4.78 is 5.62. The van der Waals surface area contributed by atoms with Crippen LogP contribution in [0, 0.1) is 11.3 Å². The van der Waals surface area contributed by atoms with Crippen LogP contribution in [0.15, 0.2) is 42.6 Å². The summed E-state index contributed by atoms with van der Waals surface area (Å²) in [4.78, 5) is 26.1. The zero-order chi connectivity index (χ0) is 30.9. The standard InChI is InChI=1S/C33H39ClN6O3/c1-6-39-13-10-21(11-14-39)25-8-7-24(17-27(25)34)37-30-36-12-9-28(38-30)22-15-23(18-35)29-26(16-22)33(5,20-41)19-40(29)31(42)43-32(2,3)4/h7-9,12,15-17,21,41H,6,10-11,13-14,19-20H2,1-5H3,(H,36,37,38). The second-order valence-corrected chi connectivity index (χ2v) is 13.1. The summed E-state index contributed by atoms with van der Waals surface area (Å²) in [5, 5.41) is 24.5. The molecule has 0 aliphatic carbocycles. The first-order valence-corrected chi connectivity index (χ1v) is 15.1. The summed E-state index contributed by atoms with van der Waals surface area (Å²) in [5.41, 5.74) is 3.19. The lowest BCUT2D eigenvalue weighted by molar-refractivity contribution is 0.0575. The van der Waals surface area contributed by atoms with Crippen LogP contribution in [0.1, 0.15) is 70.1 Å². The predicted molar refractivity (Wildman–Crippen MR) is 169 cm³/mol. The highest BCUT2D eigenvalue weighted by molar-refractivity contribution is 6.31. The molecule has 43 heavy (non-hydrogen) atoms. The number of carbonyl (C=O) groups excluding carboxylic acids is 1. The van der Waals surface area contributed by atoms with Crippen molar-refractivity contribution < 1.29 is 14.6 Å². The number of hydrogen-bond acceptors (Lipinski definition) is 8. The highest BCUT2D eigenvalue weighted by atomic mass is 35.5. The maximum absolute atomic E-state index is 13.1. The molecular weight excluding hydrogens is 564 g/mol. The number of fused-ring (bicyclic) bond motifs is 1. The Morgan fingerprint density at radius 3 is 2.60 bits per heavy atom. The van der Waals surface area contributed by atoms with E-state index in [1.807, 2.05) is 25.1 Å². The lowest BCUT2D eigenvalue weighted by Gasteiger charge is -2.31. The van der Waals surface area contributed by atoms with Gasteiger partial charge in [0.1, 0.15) is 11.7 Å². The number of aliphatic hydroxyl groups is 1. The fourth-order valence-corrected chi connectivity index (χ4v) is 6.28. The number of hydrogen-bond donors (Lipinski definition) is 2. The smallest absolute Gasteiger partial charge is 0.414 e. The van der Waals surface area contributed by atoms with Gasteiger partial charge in [0.25, 0.3) is 0 Å². The number of nitrogens with zero attached hydrogens (tertiary/aromatic N) is 5. The van der Waals surface area contributed by atoms with Crippen LogP contribution >= 0.6 is 11.6 Å². The van der Waals surface area contributed by atoms with Crippen LogP contribution in [0.4, 0.5) is 22.1 Å². The molecule has 226 valence electrons. The Morgan fingerprint density at radius 1 is 1.23 bits per heavy atom. The van der Waals surface area contributed by atoms with Crippen LogP contribution in [0.5, 0.6) is 0 Å². The zero-order valence-electron chi connectivity index (χ0n) is 25.4. The third-order valence-corrected chi connectivity index (χ3v) is 8.63. The van der Waals surface area contributed by atoms with E-state index in [0.717, 1.165) is 43.2 Å². The molecule has 2 aromatic carbocycles. The van der Waals surface area contributed by atoms with E-state index < -0.39 is 17.1 Å². The first-order valence-electron chi connectivity index (χ1n) is 14.8. The molecule has 3 heterocycles. The van der Waals surface area contributed by atoms with Crippen molar-refractivity contribution in [3.63, 3.8) is 0 Å². The summed E-state index contributed by atoms with van der Waals surface area (Å²) >= 11 is 6.74. The van der Waals surface area contributed by atoms with Crippen LogP contribution < -0.4 is 10.2 Å². The van der Waals surface area contributed by atoms with Crippen molar-refractivity contribution in [3.05, 3.63) is 64.3 Å². The van der Waals surface area contributed by atoms with Crippen molar-refractivity contribution in [3.8, 4) is 17.3 Å². The molecule has 0 spiro atoms. The molecule has 5 rings (SSSR count). The number of piperidine rings is 1. The summed E-state index contributed by atoms with van der Waals surface area (Å²) in [6.07, 6.45) is 3.29. The van der Waals surface area contributed by atoms with E-state index in [0.29, 0.717) is 39.9 Å². The molecule has 2 aliphatic heterocycles. The molecule has 2 aliphatic rings. The molecule has 1 unspecified atom stereocenters. The van der Waals surface area contributed by atoms with E-state index in [-0.39, 0.29) is 13.2 Å². The van der Waals surface area contributed by atoms with Crippen LogP contribution in [-0.2, 0) is 10.2 Å². The van der Waals surface area contributed by atoms with Gasteiger partial charge in [0.15, 0.2) is 0 Å². The van der Waals surface area contributed by atoms with Gasteiger partial charge < -0.3 is 20.1 Å². The molecule has 1 amide bonds. The summed E-state index contributed by atoms with van der Waals surface area (Å²) in [5.74, 6) is 0.839. The van der Waals surface area contributed by atoms with Crippen molar-refractivity contribution in [2.75, 3.05) is 43.0 Å².